The van der Waals surface area contributed by atoms with E-state index in [9.17, 15) is 9.59 Å². The maximum Gasteiger partial charge on any atom is 0.170 e. The Morgan fingerprint density at radius 3 is 2.41 bits per heavy atom. The summed E-state index contributed by atoms with van der Waals surface area (Å²) in [5, 5.41) is 0. The standard InChI is InChI=1S/C20H26O2/c1-20(2,3)19-15-10-6-4-8-13(15)17(21)12-18(22)14-9-5-7-11-16(14)19/h4,6,8,10,14,16,19H,5,7,9,11-12H2,1-3H3. The van der Waals surface area contributed by atoms with Gasteiger partial charge in [-0.15, -0.1) is 0 Å². The molecular weight excluding hydrogens is 272 g/mol. The van der Waals surface area contributed by atoms with E-state index in [1.165, 1.54) is 12.0 Å². The Hall–Kier alpha value is -1.44. The number of hydrogen-bond acceptors (Lipinski definition) is 2. The molecule has 3 rings (SSSR count). The van der Waals surface area contributed by atoms with Gasteiger partial charge >= 0.3 is 0 Å². The first kappa shape index (κ1) is 15.5. The molecule has 2 heteroatoms. The zero-order valence-corrected chi connectivity index (χ0v) is 13.9. The molecule has 2 aliphatic rings. The molecule has 3 atom stereocenters. The van der Waals surface area contributed by atoms with Crippen LogP contribution in [0, 0.1) is 17.3 Å². The minimum absolute atomic E-state index is 0.0128. The summed E-state index contributed by atoms with van der Waals surface area (Å²) in [5.41, 5.74) is 2.00. The van der Waals surface area contributed by atoms with Gasteiger partial charge in [0.25, 0.3) is 0 Å². The average Bonchev–Trinajstić information content (AvgIpc) is 2.46. The average molecular weight is 298 g/mol. The van der Waals surface area contributed by atoms with Crippen LogP contribution in [0.4, 0.5) is 0 Å². The third-order valence-electron chi connectivity index (χ3n) is 5.53. The second kappa shape index (κ2) is 5.64. The third-order valence-corrected chi connectivity index (χ3v) is 5.53. The largest absolute Gasteiger partial charge is 0.299 e. The molecule has 0 saturated heterocycles. The van der Waals surface area contributed by atoms with Gasteiger partial charge in [0.2, 0.25) is 0 Å². The molecule has 0 radical (unpaired) electrons. The zero-order valence-electron chi connectivity index (χ0n) is 13.9. The van der Waals surface area contributed by atoms with E-state index < -0.39 is 0 Å². The summed E-state index contributed by atoms with van der Waals surface area (Å²) in [4.78, 5) is 25.3. The Morgan fingerprint density at radius 1 is 1.00 bits per heavy atom. The van der Waals surface area contributed by atoms with Gasteiger partial charge in [0.15, 0.2) is 5.78 Å². The number of carbonyl (C=O) groups excluding carboxylic acids is 2. The van der Waals surface area contributed by atoms with Crippen LogP contribution in [0.3, 0.4) is 0 Å². The predicted octanol–water partition coefficient (Wildman–Crippen LogP) is 4.78. The molecule has 1 fully saturated rings. The minimum atomic E-state index is 0.0128. The molecule has 0 amide bonds. The van der Waals surface area contributed by atoms with Gasteiger partial charge in [-0.25, -0.2) is 0 Å². The van der Waals surface area contributed by atoms with Crippen molar-refractivity contribution in [3.8, 4) is 0 Å². The van der Waals surface area contributed by atoms with E-state index in [-0.39, 0.29) is 35.2 Å². The number of carbonyl (C=O) groups is 2. The SMILES string of the molecule is CC(C)(C)C1c2ccccc2C(=O)CC(=O)C2CCCCC21. The Balaban J connectivity index is 2.18. The van der Waals surface area contributed by atoms with Crippen LogP contribution in [0.25, 0.3) is 0 Å². The topological polar surface area (TPSA) is 34.1 Å². The van der Waals surface area contributed by atoms with Crippen LogP contribution in [0.1, 0.15) is 74.7 Å². The summed E-state index contributed by atoms with van der Waals surface area (Å²) < 4.78 is 0. The van der Waals surface area contributed by atoms with Crippen LogP contribution < -0.4 is 0 Å². The zero-order chi connectivity index (χ0) is 15.9. The lowest BCUT2D eigenvalue weighted by Gasteiger charge is -2.44. The van der Waals surface area contributed by atoms with Crippen LogP contribution in [-0.4, -0.2) is 11.6 Å². The number of rotatable bonds is 0. The van der Waals surface area contributed by atoms with E-state index >= 15 is 0 Å². The highest BCUT2D eigenvalue weighted by atomic mass is 16.1. The Kier molecular flexibility index (Phi) is 3.96. The summed E-state index contributed by atoms with van der Waals surface area (Å²) >= 11 is 0. The first-order valence-corrected chi connectivity index (χ1v) is 8.54. The van der Waals surface area contributed by atoms with Crippen LogP contribution in [0.2, 0.25) is 0 Å². The molecule has 3 unspecified atom stereocenters. The van der Waals surface area contributed by atoms with Crippen molar-refractivity contribution in [2.75, 3.05) is 0 Å². The van der Waals surface area contributed by atoms with Gasteiger partial charge in [0.05, 0.1) is 6.42 Å². The van der Waals surface area contributed by atoms with Crippen LogP contribution in [-0.2, 0) is 4.79 Å². The van der Waals surface area contributed by atoms with E-state index in [1.807, 2.05) is 18.2 Å². The maximum atomic E-state index is 12.7. The van der Waals surface area contributed by atoms with Crippen molar-refractivity contribution in [1.29, 1.82) is 0 Å². The van der Waals surface area contributed by atoms with Crippen molar-refractivity contribution in [3.63, 3.8) is 0 Å². The van der Waals surface area contributed by atoms with Crippen molar-refractivity contribution in [2.24, 2.45) is 17.3 Å². The summed E-state index contributed by atoms with van der Waals surface area (Å²) in [6, 6.07) is 7.98. The highest BCUT2D eigenvalue weighted by molar-refractivity contribution is 6.10. The molecule has 0 heterocycles. The maximum absolute atomic E-state index is 12.7. The van der Waals surface area contributed by atoms with Crippen LogP contribution >= 0.6 is 0 Å². The first-order valence-electron chi connectivity index (χ1n) is 8.54. The monoisotopic (exact) mass is 298 g/mol. The lowest BCUT2D eigenvalue weighted by molar-refractivity contribution is -0.125. The van der Waals surface area contributed by atoms with E-state index in [0.29, 0.717) is 5.92 Å². The number of hydrogen-bond donors (Lipinski definition) is 0. The molecule has 0 aromatic heterocycles. The number of Topliss-reactive ketones (excluding diaryl/α,β-unsaturated/α-hetero) is 2. The van der Waals surface area contributed by atoms with Gasteiger partial charge in [-0.3, -0.25) is 9.59 Å². The minimum Gasteiger partial charge on any atom is -0.299 e. The molecule has 0 aliphatic heterocycles. The highest BCUT2D eigenvalue weighted by Gasteiger charge is 2.44. The second-order valence-electron chi connectivity index (χ2n) is 8.05. The molecule has 22 heavy (non-hydrogen) atoms. The molecule has 0 bridgehead atoms. The molecule has 2 aliphatic carbocycles. The first-order chi connectivity index (χ1) is 10.4. The number of ketones is 2. The van der Waals surface area contributed by atoms with Gasteiger partial charge in [0.1, 0.15) is 5.78 Å². The van der Waals surface area contributed by atoms with Gasteiger partial charge < -0.3 is 0 Å². The number of benzene rings is 1. The normalized spacial score (nSPS) is 29.3. The summed E-state index contributed by atoms with van der Waals surface area (Å²) in [6.07, 6.45) is 4.50. The van der Waals surface area contributed by atoms with E-state index in [2.05, 4.69) is 26.8 Å². The van der Waals surface area contributed by atoms with Gasteiger partial charge in [0, 0.05) is 11.5 Å². The quantitative estimate of drug-likeness (QED) is 0.646. The van der Waals surface area contributed by atoms with E-state index in [1.54, 1.807) is 0 Å². The molecule has 1 aromatic rings. The summed E-state index contributed by atoms with van der Waals surface area (Å²) in [7, 11) is 0. The lowest BCUT2D eigenvalue weighted by Crippen LogP contribution is -2.39. The smallest absolute Gasteiger partial charge is 0.170 e. The van der Waals surface area contributed by atoms with Crippen LogP contribution in [0.5, 0.6) is 0 Å². The highest BCUT2D eigenvalue weighted by Crippen LogP contribution is 2.51. The molecule has 1 saturated carbocycles. The van der Waals surface area contributed by atoms with Crippen molar-refractivity contribution < 1.29 is 9.59 Å². The molecule has 118 valence electrons. The predicted molar refractivity (Wildman–Crippen MR) is 88.0 cm³/mol. The molecule has 0 N–H and O–H groups in total. The fourth-order valence-corrected chi connectivity index (χ4v) is 4.70. The Morgan fingerprint density at radius 2 is 1.68 bits per heavy atom. The molecular formula is C20H26O2. The molecule has 0 spiro atoms. The van der Waals surface area contributed by atoms with E-state index in [0.717, 1.165) is 24.8 Å². The van der Waals surface area contributed by atoms with Crippen molar-refractivity contribution in [2.45, 2.75) is 58.8 Å². The third kappa shape index (κ3) is 2.64. The van der Waals surface area contributed by atoms with Crippen LogP contribution in [0.15, 0.2) is 24.3 Å². The van der Waals surface area contributed by atoms with Crippen molar-refractivity contribution in [3.05, 3.63) is 35.4 Å². The van der Waals surface area contributed by atoms with E-state index in [4.69, 9.17) is 0 Å². The fraction of sp³-hybridized carbons (Fsp3) is 0.600. The summed E-state index contributed by atoms with van der Waals surface area (Å²) in [6.45, 7) is 6.74. The van der Waals surface area contributed by atoms with Gasteiger partial charge in [-0.05, 0) is 35.7 Å². The second-order valence-corrected chi connectivity index (χ2v) is 8.05. The molecule has 1 aromatic carbocycles. The number of fused-ring (bicyclic) bond motifs is 2. The van der Waals surface area contributed by atoms with Gasteiger partial charge in [-0.1, -0.05) is 57.9 Å². The van der Waals surface area contributed by atoms with Crippen molar-refractivity contribution >= 4 is 11.6 Å². The Labute approximate surface area is 133 Å². The Bertz CT molecular complexity index is 594. The van der Waals surface area contributed by atoms with Crippen molar-refractivity contribution in [1.82, 2.24) is 0 Å². The lowest BCUT2D eigenvalue weighted by atomic mass is 9.59. The summed E-state index contributed by atoms with van der Waals surface area (Å²) in [5.74, 6) is 0.935. The van der Waals surface area contributed by atoms with Gasteiger partial charge in [-0.2, -0.15) is 0 Å². The molecule has 2 nitrogen and oxygen atoms in total. The fourth-order valence-electron chi connectivity index (χ4n) is 4.70.